The molecule has 3 heteroatoms. The Bertz CT molecular complexity index is 358. The molecule has 0 bridgehead atoms. The summed E-state index contributed by atoms with van der Waals surface area (Å²) in [5.41, 5.74) is 1.12. The van der Waals surface area contributed by atoms with Crippen LogP contribution in [0.15, 0.2) is 0 Å². The smallest absolute Gasteiger partial charge is 0.136 e. The van der Waals surface area contributed by atoms with Gasteiger partial charge in [0.25, 0.3) is 0 Å². The molecule has 0 radical (unpaired) electrons. The van der Waals surface area contributed by atoms with Crippen molar-refractivity contribution in [2.24, 2.45) is 5.92 Å². The average Bonchev–Trinajstić information content (AvgIpc) is 2.86. The van der Waals surface area contributed by atoms with Gasteiger partial charge in [-0.1, -0.05) is 12.8 Å². The minimum absolute atomic E-state index is 0.363. The van der Waals surface area contributed by atoms with Crippen molar-refractivity contribution in [1.29, 1.82) is 0 Å². The molecule has 1 saturated carbocycles. The summed E-state index contributed by atoms with van der Waals surface area (Å²) in [6.07, 6.45) is 6.26. The first kappa shape index (κ1) is 11.8. The van der Waals surface area contributed by atoms with Crippen LogP contribution in [0.25, 0.3) is 0 Å². The molecule has 0 N–H and O–H groups in total. The summed E-state index contributed by atoms with van der Waals surface area (Å²) in [5.74, 6) is 0.824. The fourth-order valence-electron chi connectivity index (χ4n) is 2.33. The SMILES string of the molecule is Cc1nc(CCC(=O)C2CCCC2)sc1C. The topological polar surface area (TPSA) is 30.0 Å². The molecule has 1 fully saturated rings. The number of carbonyl (C=O) groups is 1. The molecule has 2 nitrogen and oxygen atoms in total. The number of hydrogen-bond acceptors (Lipinski definition) is 3. The molecule has 1 aliphatic rings. The molecule has 1 aromatic rings. The first-order valence-electron chi connectivity index (χ1n) is 6.12. The lowest BCUT2D eigenvalue weighted by Gasteiger charge is -2.05. The Kier molecular flexibility index (Phi) is 3.74. The Hall–Kier alpha value is -0.700. The van der Waals surface area contributed by atoms with Gasteiger partial charge < -0.3 is 0 Å². The van der Waals surface area contributed by atoms with E-state index in [0.29, 0.717) is 18.1 Å². The van der Waals surface area contributed by atoms with E-state index in [1.807, 2.05) is 6.92 Å². The van der Waals surface area contributed by atoms with E-state index in [-0.39, 0.29) is 0 Å². The minimum Gasteiger partial charge on any atom is -0.299 e. The number of aromatic nitrogens is 1. The fraction of sp³-hybridized carbons (Fsp3) is 0.692. The highest BCUT2D eigenvalue weighted by molar-refractivity contribution is 7.11. The lowest BCUT2D eigenvalue weighted by Crippen LogP contribution is -2.11. The van der Waals surface area contributed by atoms with Crippen molar-refractivity contribution in [3.8, 4) is 0 Å². The van der Waals surface area contributed by atoms with Gasteiger partial charge in [0.15, 0.2) is 0 Å². The van der Waals surface area contributed by atoms with E-state index in [9.17, 15) is 4.79 Å². The standard InChI is InChI=1S/C13H19NOS/c1-9-10(2)16-13(14-9)8-7-12(15)11-5-3-4-6-11/h11H,3-8H2,1-2H3. The maximum Gasteiger partial charge on any atom is 0.136 e. The summed E-state index contributed by atoms with van der Waals surface area (Å²) in [6.45, 7) is 4.13. The highest BCUT2D eigenvalue weighted by Crippen LogP contribution is 2.27. The summed E-state index contributed by atoms with van der Waals surface area (Å²) in [7, 11) is 0. The van der Waals surface area contributed by atoms with E-state index >= 15 is 0 Å². The van der Waals surface area contributed by atoms with E-state index in [0.717, 1.165) is 30.0 Å². The summed E-state index contributed by atoms with van der Waals surface area (Å²) in [5, 5.41) is 1.13. The zero-order valence-electron chi connectivity index (χ0n) is 10.1. The summed E-state index contributed by atoms with van der Waals surface area (Å²) in [4.78, 5) is 17.6. The number of thiazole rings is 1. The second kappa shape index (κ2) is 5.09. The Morgan fingerprint density at radius 3 is 2.62 bits per heavy atom. The van der Waals surface area contributed by atoms with Gasteiger partial charge in [0.05, 0.1) is 10.7 Å². The van der Waals surface area contributed by atoms with Crippen LogP contribution < -0.4 is 0 Å². The molecular weight excluding hydrogens is 218 g/mol. The molecule has 0 aliphatic heterocycles. The van der Waals surface area contributed by atoms with Crippen LogP contribution >= 0.6 is 11.3 Å². The maximum atomic E-state index is 11.9. The summed E-state index contributed by atoms with van der Waals surface area (Å²) < 4.78 is 0. The molecule has 16 heavy (non-hydrogen) atoms. The highest BCUT2D eigenvalue weighted by Gasteiger charge is 2.22. The lowest BCUT2D eigenvalue weighted by molar-refractivity contribution is -0.122. The van der Waals surface area contributed by atoms with Crippen molar-refractivity contribution in [3.63, 3.8) is 0 Å². The van der Waals surface area contributed by atoms with Gasteiger partial charge in [-0.05, 0) is 26.7 Å². The molecule has 2 rings (SSSR count). The summed E-state index contributed by atoms with van der Waals surface area (Å²) in [6, 6.07) is 0. The zero-order valence-corrected chi connectivity index (χ0v) is 10.9. The number of Topliss-reactive ketones (excluding diaryl/α,β-unsaturated/α-hetero) is 1. The van der Waals surface area contributed by atoms with Crippen LogP contribution in [0.4, 0.5) is 0 Å². The van der Waals surface area contributed by atoms with Crippen LogP contribution in [0.2, 0.25) is 0 Å². The predicted octanol–water partition coefficient (Wildman–Crippen LogP) is 3.45. The molecule has 0 aromatic carbocycles. The van der Waals surface area contributed by atoms with E-state index < -0.39 is 0 Å². The molecular formula is C13H19NOS. The molecule has 0 spiro atoms. The Balaban J connectivity index is 1.84. The van der Waals surface area contributed by atoms with Crippen LogP contribution in [0, 0.1) is 19.8 Å². The van der Waals surface area contributed by atoms with Gasteiger partial charge in [0, 0.05) is 23.6 Å². The molecule has 0 amide bonds. The van der Waals surface area contributed by atoms with Crippen molar-refractivity contribution in [2.45, 2.75) is 52.4 Å². The van der Waals surface area contributed by atoms with Crippen LogP contribution in [0.3, 0.4) is 0 Å². The van der Waals surface area contributed by atoms with Crippen LogP contribution in [-0.2, 0) is 11.2 Å². The number of ketones is 1. The Morgan fingerprint density at radius 1 is 1.38 bits per heavy atom. The Morgan fingerprint density at radius 2 is 2.06 bits per heavy atom. The first-order valence-corrected chi connectivity index (χ1v) is 6.94. The number of nitrogens with zero attached hydrogens (tertiary/aromatic N) is 1. The highest BCUT2D eigenvalue weighted by atomic mass is 32.1. The number of aryl methyl sites for hydroxylation is 3. The number of carbonyl (C=O) groups excluding carboxylic acids is 1. The minimum atomic E-state index is 0.363. The van der Waals surface area contributed by atoms with Crippen molar-refractivity contribution < 1.29 is 4.79 Å². The van der Waals surface area contributed by atoms with Gasteiger partial charge in [-0.25, -0.2) is 4.98 Å². The van der Waals surface area contributed by atoms with Crippen LogP contribution in [-0.4, -0.2) is 10.8 Å². The Labute approximate surface area is 101 Å². The summed E-state index contributed by atoms with van der Waals surface area (Å²) >= 11 is 1.74. The first-order chi connectivity index (χ1) is 7.66. The number of rotatable bonds is 4. The third-order valence-electron chi connectivity index (χ3n) is 3.47. The predicted molar refractivity (Wildman–Crippen MR) is 66.9 cm³/mol. The molecule has 0 atom stereocenters. The van der Waals surface area contributed by atoms with Gasteiger partial charge in [0.2, 0.25) is 0 Å². The van der Waals surface area contributed by atoms with Crippen molar-refractivity contribution in [3.05, 3.63) is 15.6 Å². The maximum absolute atomic E-state index is 11.9. The van der Waals surface area contributed by atoms with Crippen molar-refractivity contribution >= 4 is 17.1 Å². The van der Waals surface area contributed by atoms with E-state index in [2.05, 4.69) is 11.9 Å². The molecule has 1 aliphatic carbocycles. The third kappa shape index (κ3) is 2.70. The molecule has 88 valence electrons. The third-order valence-corrected chi connectivity index (χ3v) is 4.60. The van der Waals surface area contributed by atoms with E-state index in [1.54, 1.807) is 11.3 Å². The second-order valence-electron chi connectivity index (χ2n) is 4.70. The molecule has 1 heterocycles. The van der Waals surface area contributed by atoms with Crippen LogP contribution in [0.1, 0.15) is 47.7 Å². The molecule has 0 unspecified atom stereocenters. The lowest BCUT2D eigenvalue weighted by atomic mass is 9.99. The van der Waals surface area contributed by atoms with Gasteiger partial charge in [0.1, 0.15) is 5.78 Å². The van der Waals surface area contributed by atoms with Gasteiger partial charge in [-0.3, -0.25) is 4.79 Å². The van der Waals surface area contributed by atoms with Crippen molar-refractivity contribution in [2.75, 3.05) is 0 Å². The van der Waals surface area contributed by atoms with Gasteiger partial charge in [-0.15, -0.1) is 11.3 Å². The molecule has 1 aromatic heterocycles. The van der Waals surface area contributed by atoms with Gasteiger partial charge in [-0.2, -0.15) is 0 Å². The quantitative estimate of drug-likeness (QED) is 0.802. The number of hydrogen-bond donors (Lipinski definition) is 0. The fourth-order valence-corrected chi connectivity index (χ4v) is 3.26. The normalized spacial score (nSPS) is 16.9. The van der Waals surface area contributed by atoms with Crippen molar-refractivity contribution in [1.82, 2.24) is 4.98 Å². The largest absolute Gasteiger partial charge is 0.299 e. The van der Waals surface area contributed by atoms with Gasteiger partial charge >= 0.3 is 0 Å². The monoisotopic (exact) mass is 237 g/mol. The van der Waals surface area contributed by atoms with E-state index in [4.69, 9.17) is 0 Å². The zero-order chi connectivity index (χ0) is 11.5. The average molecular weight is 237 g/mol. The molecule has 0 saturated heterocycles. The second-order valence-corrected chi connectivity index (χ2v) is 5.98. The van der Waals surface area contributed by atoms with E-state index in [1.165, 1.54) is 17.7 Å². The van der Waals surface area contributed by atoms with Crippen LogP contribution in [0.5, 0.6) is 0 Å².